The second-order valence-corrected chi connectivity index (χ2v) is 4.73. The minimum absolute atomic E-state index is 0.157. The molecule has 0 atom stereocenters. The van der Waals surface area contributed by atoms with Crippen molar-refractivity contribution in [3.05, 3.63) is 52.0 Å². The number of carbonyl (C=O) groups is 1. The number of hydrogen-bond acceptors (Lipinski definition) is 2. The van der Waals surface area contributed by atoms with Crippen LogP contribution >= 0.6 is 23.2 Å². The van der Waals surface area contributed by atoms with Crippen LogP contribution in [0.5, 0.6) is 0 Å². The molecule has 6 heteroatoms. The Morgan fingerprint density at radius 2 is 2.00 bits per heavy atom. The number of hydrogen-bond donors (Lipinski definition) is 1. The maximum atomic E-state index is 12.1. The maximum Gasteiger partial charge on any atom is 0.254 e. The van der Waals surface area contributed by atoms with Gasteiger partial charge in [0.15, 0.2) is 0 Å². The van der Waals surface area contributed by atoms with Gasteiger partial charge in [0, 0.05) is 35.1 Å². The van der Waals surface area contributed by atoms with Gasteiger partial charge in [0.2, 0.25) is 0 Å². The molecule has 0 fully saturated rings. The molecule has 0 aliphatic carbocycles. The number of nitrogens with zero attached hydrogens (tertiary/aromatic N) is 2. The highest BCUT2D eigenvalue weighted by Crippen LogP contribution is 2.20. The van der Waals surface area contributed by atoms with Crippen LogP contribution in [-0.4, -0.2) is 27.8 Å². The number of amides is 1. The number of imidazole rings is 1. The first-order valence-corrected chi connectivity index (χ1v) is 6.01. The van der Waals surface area contributed by atoms with Gasteiger partial charge in [0.05, 0.1) is 6.54 Å². The summed E-state index contributed by atoms with van der Waals surface area (Å²) in [6, 6.07) is 4.77. The Balaban J connectivity index is 2.15. The van der Waals surface area contributed by atoms with Crippen LogP contribution in [0.2, 0.25) is 10.0 Å². The fraction of sp³-hybridized carbons (Fsp3) is 0.167. The maximum absolute atomic E-state index is 12.1. The van der Waals surface area contributed by atoms with E-state index in [2.05, 4.69) is 9.97 Å². The Bertz CT molecular complexity index is 534. The molecule has 1 aromatic heterocycles. The molecular weight excluding hydrogens is 273 g/mol. The van der Waals surface area contributed by atoms with Crippen molar-refractivity contribution < 1.29 is 4.79 Å². The third-order valence-corrected chi connectivity index (χ3v) is 2.83. The second-order valence-electron chi connectivity index (χ2n) is 3.86. The normalized spacial score (nSPS) is 10.4. The molecule has 2 rings (SSSR count). The van der Waals surface area contributed by atoms with Gasteiger partial charge in [0.1, 0.15) is 5.82 Å². The summed E-state index contributed by atoms with van der Waals surface area (Å²) in [6.07, 6.45) is 3.35. The molecule has 0 spiro atoms. The molecule has 1 amide bonds. The zero-order valence-corrected chi connectivity index (χ0v) is 11.2. The number of H-pyrrole nitrogens is 1. The minimum atomic E-state index is -0.157. The van der Waals surface area contributed by atoms with E-state index in [0.717, 1.165) is 5.82 Å². The molecule has 1 heterocycles. The van der Waals surface area contributed by atoms with E-state index < -0.39 is 0 Å². The van der Waals surface area contributed by atoms with Crippen molar-refractivity contribution in [1.82, 2.24) is 14.9 Å². The Morgan fingerprint density at radius 1 is 1.33 bits per heavy atom. The van der Waals surface area contributed by atoms with Crippen molar-refractivity contribution in [2.75, 3.05) is 7.05 Å². The van der Waals surface area contributed by atoms with Gasteiger partial charge < -0.3 is 9.88 Å². The molecule has 1 aromatic carbocycles. The number of halogens is 2. The number of rotatable bonds is 3. The third-order valence-electron chi connectivity index (χ3n) is 2.40. The summed E-state index contributed by atoms with van der Waals surface area (Å²) in [5.74, 6) is 0.565. The van der Waals surface area contributed by atoms with E-state index in [-0.39, 0.29) is 5.91 Å². The van der Waals surface area contributed by atoms with Gasteiger partial charge in [-0.05, 0) is 18.2 Å². The van der Waals surface area contributed by atoms with Crippen molar-refractivity contribution in [2.24, 2.45) is 0 Å². The molecular formula is C12H11Cl2N3O. The van der Waals surface area contributed by atoms with Crippen LogP contribution in [0.4, 0.5) is 0 Å². The monoisotopic (exact) mass is 283 g/mol. The van der Waals surface area contributed by atoms with Gasteiger partial charge in [-0.15, -0.1) is 0 Å². The fourth-order valence-electron chi connectivity index (χ4n) is 1.58. The van der Waals surface area contributed by atoms with Gasteiger partial charge in [-0.25, -0.2) is 4.98 Å². The Kier molecular flexibility index (Phi) is 3.89. The van der Waals surface area contributed by atoms with E-state index in [9.17, 15) is 4.79 Å². The molecule has 1 N–H and O–H groups in total. The fourth-order valence-corrected chi connectivity index (χ4v) is 2.10. The zero-order valence-electron chi connectivity index (χ0n) is 9.65. The lowest BCUT2D eigenvalue weighted by Gasteiger charge is -2.16. The van der Waals surface area contributed by atoms with Crippen LogP contribution < -0.4 is 0 Å². The topological polar surface area (TPSA) is 49.0 Å². The third kappa shape index (κ3) is 3.03. The molecule has 0 radical (unpaired) electrons. The lowest BCUT2D eigenvalue weighted by atomic mass is 10.2. The average molecular weight is 284 g/mol. The van der Waals surface area contributed by atoms with Gasteiger partial charge >= 0.3 is 0 Å². The summed E-state index contributed by atoms with van der Waals surface area (Å²) in [5, 5.41) is 0.884. The minimum Gasteiger partial charge on any atom is -0.347 e. The van der Waals surface area contributed by atoms with E-state index in [1.807, 2.05) is 0 Å². The van der Waals surface area contributed by atoms with Crippen LogP contribution in [0.15, 0.2) is 30.6 Å². The average Bonchev–Trinajstić information content (AvgIpc) is 2.79. The number of nitrogens with one attached hydrogen (secondary N) is 1. The Hall–Kier alpha value is -1.52. The first-order valence-electron chi connectivity index (χ1n) is 5.26. The summed E-state index contributed by atoms with van der Waals surface area (Å²) in [5.41, 5.74) is 0.460. The molecule has 0 bridgehead atoms. The molecule has 0 saturated heterocycles. The van der Waals surface area contributed by atoms with Gasteiger partial charge in [-0.1, -0.05) is 23.2 Å². The number of carbonyl (C=O) groups excluding carboxylic acids is 1. The molecule has 94 valence electrons. The van der Waals surface area contributed by atoms with Crippen LogP contribution in [0.3, 0.4) is 0 Å². The Labute approximate surface area is 115 Å². The quantitative estimate of drug-likeness (QED) is 0.942. The Morgan fingerprint density at radius 3 is 2.56 bits per heavy atom. The lowest BCUT2D eigenvalue weighted by molar-refractivity contribution is 0.0782. The lowest BCUT2D eigenvalue weighted by Crippen LogP contribution is -2.26. The molecule has 18 heavy (non-hydrogen) atoms. The van der Waals surface area contributed by atoms with Crippen molar-refractivity contribution in [1.29, 1.82) is 0 Å². The van der Waals surface area contributed by atoms with Gasteiger partial charge in [-0.2, -0.15) is 0 Å². The van der Waals surface area contributed by atoms with E-state index in [0.29, 0.717) is 22.2 Å². The number of benzene rings is 1. The molecule has 0 saturated carbocycles. The van der Waals surface area contributed by atoms with Crippen molar-refractivity contribution >= 4 is 29.1 Å². The molecule has 0 unspecified atom stereocenters. The predicted molar refractivity (Wildman–Crippen MR) is 70.8 cm³/mol. The molecule has 2 aromatic rings. The first-order chi connectivity index (χ1) is 8.56. The van der Waals surface area contributed by atoms with Gasteiger partial charge in [-0.3, -0.25) is 4.79 Å². The second kappa shape index (κ2) is 5.42. The van der Waals surface area contributed by atoms with E-state index in [1.54, 1.807) is 42.5 Å². The summed E-state index contributed by atoms with van der Waals surface area (Å²) in [6.45, 7) is 0.399. The van der Waals surface area contributed by atoms with Crippen molar-refractivity contribution in [3.8, 4) is 0 Å². The van der Waals surface area contributed by atoms with Crippen LogP contribution in [0.25, 0.3) is 0 Å². The van der Waals surface area contributed by atoms with Crippen LogP contribution in [-0.2, 0) is 6.54 Å². The highest BCUT2D eigenvalue weighted by atomic mass is 35.5. The van der Waals surface area contributed by atoms with Crippen molar-refractivity contribution in [3.63, 3.8) is 0 Å². The molecule has 0 aliphatic heterocycles. The smallest absolute Gasteiger partial charge is 0.254 e. The highest BCUT2D eigenvalue weighted by molar-refractivity contribution is 6.35. The largest absolute Gasteiger partial charge is 0.347 e. The van der Waals surface area contributed by atoms with E-state index >= 15 is 0 Å². The van der Waals surface area contributed by atoms with Gasteiger partial charge in [0.25, 0.3) is 5.91 Å². The number of aromatic nitrogens is 2. The molecule has 0 aliphatic rings. The zero-order chi connectivity index (χ0) is 13.1. The standard InChI is InChI=1S/C12H11Cl2N3O/c1-17(7-11-15-2-3-16-11)12(18)8-4-9(13)6-10(14)5-8/h2-6H,7H2,1H3,(H,15,16). The SMILES string of the molecule is CN(Cc1ncc[nH]1)C(=O)c1cc(Cl)cc(Cl)c1. The summed E-state index contributed by atoms with van der Waals surface area (Å²) in [7, 11) is 1.69. The molecule has 4 nitrogen and oxygen atoms in total. The highest BCUT2D eigenvalue weighted by Gasteiger charge is 2.14. The summed E-state index contributed by atoms with van der Waals surface area (Å²) in [4.78, 5) is 20.7. The first kappa shape index (κ1) is 12.9. The van der Waals surface area contributed by atoms with E-state index in [4.69, 9.17) is 23.2 Å². The predicted octanol–water partition coefficient (Wildman–Crippen LogP) is 2.99. The number of aromatic amines is 1. The van der Waals surface area contributed by atoms with Crippen LogP contribution in [0.1, 0.15) is 16.2 Å². The summed E-state index contributed by atoms with van der Waals surface area (Å²) < 4.78 is 0. The van der Waals surface area contributed by atoms with E-state index in [1.165, 1.54) is 0 Å². The van der Waals surface area contributed by atoms with Crippen LogP contribution in [0, 0.1) is 0 Å². The summed E-state index contributed by atoms with van der Waals surface area (Å²) >= 11 is 11.7. The van der Waals surface area contributed by atoms with Crippen molar-refractivity contribution in [2.45, 2.75) is 6.54 Å².